The third kappa shape index (κ3) is 3.79. The topological polar surface area (TPSA) is 55.9 Å². The maximum atomic E-state index is 5.68. The summed E-state index contributed by atoms with van der Waals surface area (Å²) in [7, 11) is 4.06. The number of likely N-dealkylation sites (tertiary alicyclic amines) is 1. The van der Waals surface area contributed by atoms with Crippen LogP contribution in [0.25, 0.3) is 10.2 Å². The highest BCUT2D eigenvalue weighted by atomic mass is 32.1. The molecule has 3 fully saturated rings. The van der Waals surface area contributed by atoms with Gasteiger partial charge in [0.05, 0.1) is 43.3 Å². The zero-order valence-corrected chi connectivity index (χ0v) is 21.6. The minimum absolute atomic E-state index is 0.386. The molecule has 6 nitrogen and oxygen atoms in total. The van der Waals surface area contributed by atoms with Crippen LogP contribution in [0.3, 0.4) is 0 Å². The van der Waals surface area contributed by atoms with Gasteiger partial charge in [-0.15, -0.1) is 0 Å². The summed E-state index contributed by atoms with van der Waals surface area (Å²) < 4.78 is 17.4. The Labute approximate surface area is 207 Å². The molecule has 2 heterocycles. The van der Waals surface area contributed by atoms with E-state index < -0.39 is 0 Å². The van der Waals surface area contributed by atoms with Crippen molar-refractivity contribution in [3.05, 3.63) is 23.3 Å². The van der Waals surface area contributed by atoms with Gasteiger partial charge in [0.1, 0.15) is 0 Å². The summed E-state index contributed by atoms with van der Waals surface area (Å²) in [6.07, 6.45) is 9.66. The highest BCUT2D eigenvalue weighted by molar-refractivity contribution is 7.22. The molecule has 1 aromatic heterocycles. The summed E-state index contributed by atoms with van der Waals surface area (Å²) in [5.74, 6) is 0.833. The number of fused-ring (bicyclic) bond motifs is 2. The third-order valence-corrected chi connectivity index (χ3v) is 10.2. The maximum Gasteiger partial charge on any atom is 0.183 e. The number of methoxy groups -OCH3 is 1. The van der Waals surface area contributed by atoms with Crippen LogP contribution in [0.15, 0.2) is 12.1 Å². The van der Waals surface area contributed by atoms with Crippen molar-refractivity contribution in [2.45, 2.75) is 56.4 Å². The second-order valence-corrected chi connectivity index (χ2v) is 12.1. The van der Waals surface area contributed by atoms with Gasteiger partial charge < -0.3 is 24.4 Å². The molecule has 2 bridgehead atoms. The Morgan fingerprint density at radius 3 is 2.79 bits per heavy atom. The number of hydrogen-bond donors (Lipinski definition) is 1. The summed E-state index contributed by atoms with van der Waals surface area (Å²) in [5.41, 5.74) is 5.39. The average molecular weight is 486 g/mol. The molecule has 4 atom stereocenters. The van der Waals surface area contributed by atoms with E-state index in [4.69, 9.17) is 19.2 Å². The standard InChI is InChI=1S/C27H39N3O3S/c1-30-18-26-7-8-27(6-4-3-5-20(27)24(26)30)21-16-22-23(15-19(21)17-26)34-25(29-22)28-9-10-32-13-14-33-12-11-31-2/h15-16,20,24H,3-14,17-18H2,1-2H3,(H,28,29)/t20-,24-,26?,27+/m0/s1. The number of hydrogen-bond acceptors (Lipinski definition) is 7. The van der Waals surface area contributed by atoms with Gasteiger partial charge in [0, 0.05) is 37.1 Å². The van der Waals surface area contributed by atoms with E-state index in [0.29, 0.717) is 43.9 Å². The molecule has 34 heavy (non-hydrogen) atoms. The number of ether oxygens (including phenoxy) is 3. The minimum Gasteiger partial charge on any atom is -0.382 e. The van der Waals surface area contributed by atoms with Gasteiger partial charge in [-0.25, -0.2) is 4.98 Å². The maximum absolute atomic E-state index is 5.68. The lowest BCUT2D eigenvalue weighted by atomic mass is 9.48. The van der Waals surface area contributed by atoms with E-state index >= 15 is 0 Å². The molecular formula is C27H39N3O3S. The summed E-state index contributed by atoms with van der Waals surface area (Å²) in [6.45, 7) is 5.17. The molecule has 7 heteroatoms. The van der Waals surface area contributed by atoms with Crippen molar-refractivity contribution >= 4 is 26.7 Å². The largest absolute Gasteiger partial charge is 0.382 e. The van der Waals surface area contributed by atoms with Crippen LogP contribution < -0.4 is 5.32 Å². The van der Waals surface area contributed by atoms with Crippen molar-refractivity contribution < 1.29 is 14.2 Å². The number of anilines is 1. The molecule has 2 aromatic rings. The van der Waals surface area contributed by atoms with Crippen molar-refractivity contribution in [1.29, 1.82) is 0 Å². The fourth-order valence-electron chi connectivity index (χ4n) is 8.01. The number of benzene rings is 1. The summed E-state index contributed by atoms with van der Waals surface area (Å²) in [5, 5.41) is 4.49. The quantitative estimate of drug-likeness (QED) is 0.501. The number of thiazole rings is 1. The van der Waals surface area contributed by atoms with Crippen LogP contribution in [0.1, 0.15) is 49.7 Å². The number of nitrogens with one attached hydrogen (secondary N) is 1. The third-order valence-electron chi connectivity index (χ3n) is 9.23. The predicted octanol–water partition coefficient (Wildman–Crippen LogP) is 4.47. The Balaban J connectivity index is 1.16. The van der Waals surface area contributed by atoms with E-state index in [0.717, 1.165) is 23.6 Å². The van der Waals surface area contributed by atoms with Crippen LogP contribution in [-0.2, 0) is 26.0 Å². The minimum atomic E-state index is 0.386. The predicted molar refractivity (Wildman–Crippen MR) is 137 cm³/mol. The molecule has 2 spiro atoms. The molecule has 1 unspecified atom stereocenters. The van der Waals surface area contributed by atoms with Crippen molar-refractivity contribution in [1.82, 2.24) is 9.88 Å². The molecule has 1 saturated heterocycles. The van der Waals surface area contributed by atoms with E-state index in [1.54, 1.807) is 29.6 Å². The highest BCUT2D eigenvalue weighted by Crippen LogP contribution is 2.65. The van der Waals surface area contributed by atoms with E-state index in [-0.39, 0.29) is 0 Å². The first-order valence-electron chi connectivity index (χ1n) is 13.2. The number of aromatic nitrogens is 1. The summed E-state index contributed by atoms with van der Waals surface area (Å²) in [6, 6.07) is 5.81. The lowest BCUT2D eigenvalue weighted by Gasteiger charge is -2.66. The van der Waals surface area contributed by atoms with Gasteiger partial charge in [-0.2, -0.15) is 0 Å². The SMILES string of the molecule is COCCOCCOCCNc1nc2cc3c(cc2s1)CC12CC[C@@]34CCCC[C@H]4[C@@H]1N(C)C2. The zero-order valence-electron chi connectivity index (χ0n) is 20.7. The van der Waals surface area contributed by atoms with E-state index in [9.17, 15) is 0 Å². The average Bonchev–Trinajstić information content (AvgIpc) is 3.14. The van der Waals surface area contributed by atoms with Crippen LogP contribution in [0.5, 0.6) is 0 Å². The van der Waals surface area contributed by atoms with Gasteiger partial charge in [0.25, 0.3) is 0 Å². The first-order chi connectivity index (χ1) is 16.7. The van der Waals surface area contributed by atoms with Crippen molar-refractivity contribution in [2.75, 3.05) is 65.6 Å². The molecule has 186 valence electrons. The monoisotopic (exact) mass is 485 g/mol. The second-order valence-electron chi connectivity index (χ2n) is 11.0. The number of nitrogens with zero attached hydrogens (tertiary/aromatic N) is 2. The highest BCUT2D eigenvalue weighted by Gasteiger charge is 2.65. The number of rotatable bonds is 10. The van der Waals surface area contributed by atoms with Crippen LogP contribution in [0, 0.1) is 11.3 Å². The molecule has 1 aromatic carbocycles. The molecular weight excluding hydrogens is 446 g/mol. The van der Waals surface area contributed by atoms with Crippen molar-refractivity contribution in [3.8, 4) is 0 Å². The van der Waals surface area contributed by atoms with Crippen LogP contribution >= 0.6 is 11.3 Å². The molecule has 1 aliphatic heterocycles. The Morgan fingerprint density at radius 1 is 1.09 bits per heavy atom. The molecule has 5 aliphatic rings. The molecule has 1 N–H and O–H groups in total. The first-order valence-corrected chi connectivity index (χ1v) is 14.0. The Morgan fingerprint density at radius 2 is 1.94 bits per heavy atom. The fraction of sp³-hybridized carbons (Fsp3) is 0.741. The smallest absolute Gasteiger partial charge is 0.183 e. The van der Waals surface area contributed by atoms with E-state index in [2.05, 4.69) is 29.4 Å². The van der Waals surface area contributed by atoms with Crippen LogP contribution in [0.2, 0.25) is 0 Å². The molecule has 4 aliphatic carbocycles. The summed E-state index contributed by atoms with van der Waals surface area (Å²) >= 11 is 1.80. The second kappa shape index (κ2) is 9.32. The molecule has 0 amide bonds. The van der Waals surface area contributed by atoms with E-state index in [1.807, 2.05) is 0 Å². The van der Waals surface area contributed by atoms with Gasteiger partial charge in [0.2, 0.25) is 0 Å². The Bertz CT molecular complexity index is 1030. The van der Waals surface area contributed by atoms with Gasteiger partial charge in [-0.05, 0) is 68.3 Å². The van der Waals surface area contributed by atoms with Gasteiger partial charge in [0.15, 0.2) is 5.13 Å². The Hall–Kier alpha value is -1.25. The van der Waals surface area contributed by atoms with Gasteiger partial charge in [-0.3, -0.25) is 0 Å². The van der Waals surface area contributed by atoms with Crippen molar-refractivity contribution in [3.63, 3.8) is 0 Å². The molecule has 2 saturated carbocycles. The van der Waals surface area contributed by atoms with Crippen LogP contribution in [0.4, 0.5) is 5.13 Å². The summed E-state index contributed by atoms with van der Waals surface area (Å²) in [4.78, 5) is 7.69. The van der Waals surface area contributed by atoms with Crippen LogP contribution in [-0.4, -0.2) is 76.2 Å². The zero-order chi connectivity index (χ0) is 23.2. The molecule has 7 rings (SSSR count). The normalized spacial score (nSPS) is 32.1. The van der Waals surface area contributed by atoms with Gasteiger partial charge >= 0.3 is 0 Å². The lowest BCUT2D eigenvalue weighted by Crippen LogP contribution is -2.71. The van der Waals surface area contributed by atoms with Crippen molar-refractivity contribution in [2.24, 2.45) is 11.3 Å². The Kier molecular flexibility index (Phi) is 6.35. The lowest BCUT2D eigenvalue weighted by molar-refractivity contribution is -0.147. The molecule has 0 radical (unpaired) electrons. The van der Waals surface area contributed by atoms with E-state index in [1.165, 1.54) is 61.7 Å². The fourth-order valence-corrected chi connectivity index (χ4v) is 8.94. The van der Waals surface area contributed by atoms with Gasteiger partial charge in [-0.1, -0.05) is 24.2 Å². The first kappa shape index (κ1) is 23.2.